The summed E-state index contributed by atoms with van der Waals surface area (Å²) in [6, 6.07) is 0.292. The molecule has 104 valence electrons. The number of nitrogens with zero attached hydrogens (tertiary/aromatic N) is 2. The van der Waals surface area contributed by atoms with Crippen molar-refractivity contribution in [2.75, 3.05) is 30.8 Å². The van der Waals surface area contributed by atoms with E-state index in [1.54, 1.807) is 0 Å². The number of nitrogen functional groups attached to an aromatic ring is 1. The average Bonchev–Trinajstić information content (AvgIpc) is 2.56. The van der Waals surface area contributed by atoms with Gasteiger partial charge in [-0.05, 0) is 26.7 Å². The van der Waals surface area contributed by atoms with Gasteiger partial charge in [-0.3, -0.25) is 0 Å². The van der Waals surface area contributed by atoms with E-state index in [1.165, 1.54) is 0 Å². The number of nitrogens with one attached hydrogen (secondary N) is 1. The lowest BCUT2D eigenvalue weighted by Gasteiger charge is -2.13. The third-order valence-corrected chi connectivity index (χ3v) is 2.61. The van der Waals surface area contributed by atoms with Gasteiger partial charge < -0.3 is 15.8 Å². The third-order valence-electron chi connectivity index (χ3n) is 2.61. The number of ether oxygens (including phenoxy) is 1. The quantitative estimate of drug-likeness (QED) is 0.733. The van der Waals surface area contributed by atoms with Gasteiger partial charge in [0.05, 0.1) is 18.0 Å². The van der Waals surface area contributed by atoms with Crippen molar-refractivity contribution in [1.82, 2.24) is 9.78 Å². The summed E-state index contributed by atoms with van der Waals surface area (Å²) in [6.45, 7) is 12.6. The van der Waals surface area contributed by atoms with Crippen LogP contribution in [0.25, 0.3) is 0 Å². The van der Waals surface area contributed by atoms with Crippen LogP contribution in [0.2, 0.25) is 0 Å². The van der Waals surface area contributed by atoms with Crippen LogP contribution in [0.4, 0.5) is 11.5 Å². The number of aromatic nitrogens is 2. The second-order valence-corrected chi connectivity index (χ2v) is 5.28. The molecule has 0 saturated heterocycles. The summed E-state index contributed by atoms with van der Waals surface area (Å²) >= 11 is 0. The van der Waals surface area contributed by atoms with Crippen LogP contribution in [0.5, 0.6) is 0 Å². The fourth-order valence-corrected chi connectivity index (χ4v) is 1.67. The van der Waals surface area contributed by atoms with E-state index in [9.17, 15) is 0 Å². The zero-order chi connectivity index (χ0) is 13.7. The maximum Gasteiger partial charge on any atom is 0.148 e. The molecule has 0 radical (unpaired) electrons. The van der Waals surface area contributed by atoms with Gasteiger partial charge in [0.2, 0.25) is 0 Å². The molecule has 0 atom stereocenters. The Morgan fingerprint density at radius 1 is 1.33 bits per heavy atom. The number of nitrogens with two attached hydrogens (primary N) is 1. The van der Waals surface area contributed by atoms with Crippen molar-refractivity contribution in [3.63, 3.8) is 0 Å². The summed E-state index contributed by atoms with van der Waals surface area (Å²) < 4.78 is 7.45. The Morgan fingerprint density at radius 2 is 2.00 bits per heavy atom. The van der Waals surface area contributed by atoms with Crippen LogP contribution in [-0.4, -0.2) is 29.5 Å². The van der Waals surface area contributed by atoms with Gasteiger partial charge in [0.1, 0.15) is 5.82 Å². The van der Waals surface area contributed by atoms with Gasteiger partial charge in [-0.2, -0.15) is 5.10 Å². The average molecular weight is 254 g/mol. The molecule has 0 aliphatic rings. The summed E-state index contributed by atoms with van der Waals surface area (Å²) in [4.78, 5) is 0. The topological polar surface area (TPSA) is 65.1 Å². The zero-order valence-corrected chi connectivity index (χ0v) is 12.2. The lowest BCUT2D eigenvalue weighted by molar-refractivity contribution is 0.118. The van der Waals surface area contributed by atoms with E-state index in [4.69, 9.17) is 10.5 Å². The maximum absolute atomic E-state index is 6.02. The van der Waals surface area contributed by atoms with E-state index in [2.05, 4.69) is 38.1 Å². The van der Waals surface area contributed by atoms with E-state index in [1.807, 2.05) is 11.6 Å². The molecular weight excluding hydrogens is 228 g/mol. The highest BCUT2D eigenvalue weighted by Crippen LogP contribution is 2.25. The van der Waals surface area contributed by atoms with Crippen molar-refractivity contribution in [3.05, 3.63) is 5.69 Å². The summed E-state index contributed by atoms with van der Waals surface area (Å²) in [5.41, 5.74) is 7.62. The number of rotatable bonds is 7. The normalized spacial score (nSPS) is 11.5. The first-order chi connectivity index (χ1) is 8.43. The van der Waals surface area contributed by atoms with Crippen LogP contribution in [0.1, 0.15) is 39.4 Å². The Morgan fingerprint density at radius 3 is 2.56 bits per heavy atom. The molecule has 0 aliphatic carbocycles. The molecule has 5 nitrogen and oxygen atoms in total. The fourth-order valence-electron chi connectivity index (χ4n) is 1.67. The third kappa shape index (κ3) is 3.91. The molecule has 1 aromatic rings. The zero-order valence-electron chi connectivity index (χ0n) is 12.2. The minimum atomic E-state index is 0.292. The molecule has 1 rings (SSSR count). The molecule has 0 bridgehead atoms. The molecule has 0 amide bonds. The summed E-state index contributed by atoms with van der Waals surface area (Å²) in [6.07, 6.45) is 0. The van der Waals surface area contributed by atoms with E-state index in [-0.39, 0.29) is 0 Å². The summed E-state index contributed by atoms with van der Waals surface area (Å²) in [5, 5.41) is 7.73. The van der Waals surface area contributed by atoms with Crippen molar-refractivity contribution in [2.24, 2.45) is 5.92 Å². The fraction of sp³-hybridized carbons (Fsp3) is 0.769. The van der Waals surface area contributed by atoms with Crippen molar-refractivity contribution in [1.29, 1.82) is 0 Å². The maximum atomic E-state index is 6.02. The van der Waals surface area contributed by atoms with Crippen LogP contribution in [0, 0.1) is 12.8 Å². The summed E-state index contributed by atoms with van der Waals surface area (Å²) in [5.74, 6) is 1.47. The van der Waals surface area contributed by atoms with Crippen molar-refractivity contribution in [2.45, 2.75) is 40.7 Å². The van der Waals surface area contributed by atoms with E-state index in [0.29, 0.717) is 18.6 Å². The number of hydrogen-bond acceptors (Lipinski definition) is 4. The van der Waals surface area contributed by atoms with Crippen LogP contribution >= 0.6 is 0 Å². The first kappa shape index (κ1) is 14.8. The largest absolute Gasteiger partial charge is 0.394 e. The molecule has 0 fully saturated rings. The smallest absolute Gasteiger partial charge is 0.148 e. The van der Waals surface area contributed by atoms with Crippen molar-refractivity contribution >= 4 is 11.5 Å². The minimum Gasteiger partial charge on any atom is -0.394 e. The molecule has 0 spiro atoms. The second kappa shape index (κ2) is 6.64. The predicted octanol–water partition coefficient (Wildman–Crippen LogP) is 2.44. The van der Waals surface area contributed by atoms with Gasteiger partial charge in [0, 0.05) is 19.2 Å². The first-order valence-electron chi connectivity index (χ1n) is 6.59. The Labute approximate surface area is 110 Å². The number of anilines is 2. The predicted molar refractivity (Wildman–Crippen MR) is 75.9 cm³/mol. The van der Waals surface area contributed by atoms with Gasteiger partial charge in [-0.25, -0.2) is 4.68 Å². The van der Waals surface area contributed by atoms with Crippen molar-refractivity contribution in [3.8, 4) is 0 Å². The molecule has 0 unspecified atom stereocenters. The van der Waals surface area contributed by atoms with E-state index < -0.39 is 0 Å². The molecule has 1 aromatic heterocycles. The van der Waals surface area contributed by atoms with Crippen LogP contribution in [-0.2, 0) is 4.74 Å². The van der Waals surface area contributed by atoms with Crippen LogP contribution < -0.4 is 11.1 Å². The lowest BCUT2D eigenvalue weighted by Crippen LogP contribution is -2.16. The van der Waals surface area contributed by atoms with Crippen LogP contribution in [0.15, 0.2) is 0 Å². The standard InChI is InChI=1S/C13H26N4O/c1-9(2)8-18-7-6-15-13-12(14)11(5)16-17(13)10(3)4/h9-10,15H,6-8,14H2,1-5H3. The van der Waals surface area contributed by atoms with E-state index >= 15 is 0 Å². The molecule has 18 heavy (non-hydrogen) atoms. The van der Waals surface area contributed by atoms with Crippen LogP contribution in [0.3, 0.4) is 0 Å². The molecule has 3 N–H and O–H groups in total. The van der Waals surface area contributed by atoms with Gasteiger partial charge in [-0.1, -0.05) is 13.8 Å². The first-order valence-corrected chi connectivity index (χ1v) is 6.59. The van der Waals surface area contributed by atoms with E-state index in [0.717, 1.165) is 30.4 Å². The highest BCUT2D eigenvalue weighted by atomic mass is 16.5. The second-order valence-electron chi connectivity index (χ2n) is 5.28. The molecule has 0 saturated carbocycles. The van der Waals surface area contributed by atoms with Gasteiger partial charge in [0.15, 0.2) is 0 Å². The Kier molecular flexibility index (Phi) is 5.47. The SMILES string of the molecule is Cc1nn(C(C)C)c(NCCOCC(C)C)c1N. The number of hydrogen-bond donors (Lipinski definition) is 2. The van der Waals surface area contributed by atoms with Gasteiger partial charge >= 0.3 is 0 Å². The molecule has 5 heteroatoms. The highest BCUT2D eigenvalue weighted by Gasteiger charge is 2.13. The molecule has 0 aromatic carbocycles. The highest BCUT2D eigenvalue weighted by molar-refractivity contribution is 5.64. The number of aryl methyl sites for hydroxylation is 1. The molecule has 1 heterocycles. The van der Waals surface area contributed by atoms with Gasteiger partial charge in [0.25, 0.3) is 0 Å². The summed E-state index contributed by atoms with van der Waals surface area (Å²) in [7, 11) is 0. The monoisotopic (exact) mass is 254 g/mol. The minimum absolute atomic E-state index is 0.292. The van der Waals surface area contributed by atoms with Crippen molar-refractivity contribution < 1.29 is 4.74 Å². The molecular formula is C13H26N4O. The Balaban J connectivity index is 2.51. The lowest BCUT2D eigenvalue weighted by atomic mass is 10.2. The molecule has 0 aliphatic heterocycles. The van der Waals surface area contributed by atoms with Gasteiger partial charge in [-0.15, -0.1) is 0 Å². The Bertz CT molecular complexity index is 371. The Hall–Kier alpha value is -1.23.